The molecule has 1 amide bonds. The van der Waals surface area contributed by atoms with E-state index in [0.29, 0.717) is 19.8 Å². The largest absolute Gasteiger partial charge is 0.382 e. The van der Waals surface area contributed by atoms with Crippen molar-refractivity contribution >= 4 is 39.8 Å². The number of amides is 1. The lowest BCUT2D eigenvalue weighted by atomic mass is 10.3. The molecule has 0 saturated carbocycles. The quantitative estimate of drug-likeness (QED) is 0.527. The van der Waals surface area contributed by atoms with Gasteiger partial charge in [-0.15, -0.1) is 11.3 Å². The van der Waals surface area contributed by atoms with Crippen molar-refractivity contribution in [1.82, 2.24) is 5.32 Å². The van der Waals surface area contributed by atoms with Crippen LogP contribution in [0.1, 0.15) is 23.2 Å². The molecule has 0 unspecified atom stereocenters. The summed E-state index contributed by atoms with van der Waals surface area (Å²) in [6.07, 6.45) is 1.88. The number of ether oxygens (including phenoxy) is 2. The Morgan fingerprint density at radius 1 is 1.39 bits per heavy atom. The van der Waals surface area contributed by atoms with Gasteiger partial charge in [0.25, 0.3) is 5.91 Å². The Balaban J connectivity index is 1.99. The highest BCUT2D eigenvalue weighted by atomic mass is 127. The van der Waals surface area contributed by atoms with Crippen molar-refractivity contribution in [3.8, 4) is 0 Å². The highest BCUT2D eigenvalue weighted by Gasteiger charge is 2.06. The zero-order chi connectivity index (χ0) is 13.2. The minimum atomic E-state index is 0.00877. The number of carbonyl (C=O) groups is 1. The second kappa shape index (κ2) is 9.71. The molecule has 0 radical (unpaired) electrons. The Morgan fingerprint density at radius 3 is 2.89 bits per heavy atom. The molecular formula is C12H18INO3S. The number of halogens is 1. The van der Waals surface area contributed by atoms with Gasteiger partial charge in [0.15, 0.2) is 0 Å². The van der Waals surface area contributed by atoms with Gasteiger partial charge in [0.05, 0.1) is 21.7 Å². The minimum Gasteiger partial charge on any atom is -0.382 e. The van der Waals surface area contributed by atoms with E-state index < -0.39 is 0 Å². The molecule has 0 aromatic carbocycles. The number of hydrogen-bond donors (Lipinski definition) is 1. The lowest BCUT2D eigenvalue weighted by molar-refractivity contribution is 0.0686. The van der Waals surface area contributed by atoms with Gasteiger partial charge in [0.1, 0.15) is 0 Å². The van der Waals surface area contributed by atoms with Crippen LogP contribution in [0.5, 0.6) is 0 Å². The Morgan fingerprint density at radius 2 is 2.22 bits per heavy atom. The third kappa shape index (κ3) is 6.67. The van der Waals surface area contributed by atoms with Crippen LogP contribution in [0.15, 0.2) is 11.4 Å². The Bertz CT molecular complexity index is 357. The molecule has 18 heavy (non-hydrogen) atoms. The fourth-order valence-corrected chi connectivity index (χ4v) is 2.63. The number of carbonyl (C=O) groups excluding carboxylic acids is 1. The van der Waals surface area contributed by atoms with Gasteiger partial charge in [-0.2, -0.15) is 0 Å². The predicted molar refractivity (Wildman–Crippen MR) is 81.3 cm³/mol. The molecule has 0 aliphatic heterocycles. The molecule has 0 saturated heterocycles. The van der Waals surface area contributed by atoms with Gasteiger partial charge in [-0.05, 0) is 41.5 Å². The summed E-state index contributed by atoms with van der Waals surface area (Å²) in [5.41, 5.74) is 0.751. The van der Waals surface area contributed by atoms with Gasteiger partial charge >= 0.3 is 0 Å². The van der Waals surface area contributed by atoms with Gasteiger partial charge in [-0.3, -0.25) is 4.79 Å². The van der Waals surface area contributed by atoms with E-state index in [1.807, 2.05) is 11.4 Å². The van der Waals surface area contributed by atoms with Crippen LogP contribution >= 0.6 is 33.9 Å². The number of methoxy groups -OCH3 is 1. The molecule has 0 fully saturated rings. The van der Waals surface area contributed by atoms with E-state index in [1.165, 1.54) is 0 Å². The van der Waals surface area contributed by atoms with Crippen LogP contribution in [0.3, 0.4) is 0 Å². The number of hydrogen-bond acceptors (Lipinski definition) is 4. The van der Waals surface area contributed by atoms with Crippen molar-refractivity contribution in [2.24, 2.45) is 0 Å². The first-order chi connectivity index (χ1) is 8.74. The van der Waals surface area contributed by atoms with Crippen molar-refractivity contribution in [1.29, 1.82) is 0 Å². The first-order valence-corrected chi connectivity index (χ1v) is 7.79. The molecule has 102 valence electrons. The minimum absolute atomic E-state index is 0.00877. The molecule has 1 N–H and O–H groups in total. The van der Waals surface area contributed by atoms with E-state index in [1.54, 1.807) is 18.4 Å². The fraction of sp³-hybridized carbons (Fsp3) is 0.583. The van der Waals surface area contributed by atoms with Crippen LogP contribution in [0, 0.1) is 2.88 Å². The van der Waals surface area contributed by atoms with Crippen molar-refractivity contribution in [2.75, 3.05) is 33.5 Å². The van der Waals surface area contributed by atoms with Gasteiger partial charge < -0.3 is 14.8 Å². The van der Waals surface area contributed by atoms with Gasteiger partial charge in [-0.25, -0.2) is 0 Å². The van der Waals surface area contributed by atoms with E-state index >= 15 is 0 Å². The Labute approximate surface area is 125 Å². The van der Waals surface area contributed by atoms with Crippen LogP contribution in [0.2, 0.25) is 0 Å². The summed E-state index contributed by atoms with van der Waals surface area (Å²) in [5.74, 6) is 0.00877. The average molecular weight is 383 g/mol. The van der Waals surface area contributed by atoms with E-state index in [9.17, 15) is 4.79 Å². The molecule has 6 heteroatoms. The van der Waals surface area contributed by atoms with Crippen LogP contribution in [0.4, 0.5) is 0 Å². The number of rotatable bonds is 9. The maximum absolute atomic E-state index is 11.7. The highest BCUT2D eigenvalue weighted by Crippen LogP contribution is 2.16. The van der Waals surface area contributed by atoms with Crippen LogP contribution in [0.25, 0.3) is 0 Å². The monoisotopic (exact) mass is 383 g/mol. The van der Waals surface area contributed by atoms with Gasteiger partial charge in [0.2, 0.25) is 0 Å². The number of nitrogens with one attached hydrogen (secondary N) is 1. The standard InChI is InChI=1S/C12H18INO3S/c1-16-6-7-17-5-3-2-4-14-12(15)10-8-11(13)18-9-10/h8-9H,2-7H2,1H3,(H,14,15). The number of unbranched alkanes of at least 4 members (excludes halogenated alkanes) is 1. The lowest BCUT2D eigenvalue weighted by Crippen LogP contribution is -2.24. The van der Waals surface area contributed by atoms with Crippen molar-refractivity contribution < 1.29 is 14.3 Å². The van der Waals surface area contributed by atoms with Crippen LogP contribution in [-0.2, 0) is 9.47 Å². The van der Waals surface area contributed by atoms with Gasteiger partial charge in [0, 0.05) is 25.6 Å². The van der Waals surface area contributed by atoms with Crippen LogP contribution < -0.4 is 5.32 Å². The van der Waals surface area contributed by atoms with E-state index in [4.69, 9.17) is 9.47 Å². The fourth-order valence-electron chi connectivity index (χ4n) is 1.31. The normalized spacial score (nSPS) is 10.6. The molecule has 0 aliphatic rings. The molecule has 0 spiro atoms. The molecule has 1 rings (SSSR count). The summed E-state index contributed by atoms with van der Waals surface area (Å²) in [5, 5.41) is 4.78. The molecule has 1 aromatic rings. The summed E-state index contributed by atoms with van der Waals surface area (Å²) >= 11 is 3.79. The third-order valence-corrected chi connectivity index (χ3v) is 4.05. The SMILES string of the molecule is COCCOCCCCNC(=O)c1csc(I)c1. The summed E-state index contributed by atoms with van der Waals surface area (Å²) in [4.78, 5) is 11.7. The highest BCUT2D eigenvalue weighted by molar-refractivity contribution is 14.1. The summed E-state index contributed by atoms with van der Waals surface area (Å²) in [7, 11) is 1.66. The summed E-state index contributed by atoms with van der Waals surface area (Å²) in [6, 6.07) is 1.90. The lowest BCUT2D eigenvalue weighted by Gasteiger charge is -2.05. The topological polar surface area (TPSA) is 47.6 Å². The molecule has 1 heterocycles. The van der Waals surface area contributed by atoms with E-state index in [-0.39, 0.29) is 5.91 Å². The summed E-state index contributed by atoms with van der Waals surface area (Å²) in [6.45, 7) is 2.68. The smallest absolute Gasteiger partial charge is 0.252 e. The molecule has 0 bridgehead atoms. The van der Waals surface area contributed by atoms with Crippen molar-refractivity contribution in [2.45, 2.75) is 12.8 Å². The van der Waals surface area contributed by atoms with Crippen LogP contribution in [-0.4, -0.2) is 39.4 Å². The first-order valence-electron chi connectivity index (χ1n) is 5.83. The third-order valence-electron chi connectivity index (χ3n) is 2.26. The molecular weight excluding hydrogens is 365 g/mol. The molecule has 0 aliphatic carbocycles. The predicted octanol–water partition coefficient (Wildman–Crippen LogP) is 2.53. The number of thiophene rings is 1. The maximum atomic E-state index is 11.7. The zero-order valence-corrected chi connectivity index (χ0v) is 13.4. The summed E-state index contributed by atoms with van der Waals surface area (Å²) < 4.78 is 11.3. The molecule has 4 nitrogen and oxygen atoms in total. The molecule has 0 atom stereocenters. The zero-order valence-electron chi connectivity index (χ0n) is 10.4. The Hall–Kier alpha value is -0.180. The van der Waals surface area contributed by atoms with Crippen molar-refractivity contribution in [3.63, 3.8) is 0 Å². The molecule has 1 aromatic heterocycles. The van der Waals surface area contributed by atoms with Gasteiger partial charge in [-0.1, -0.05) is 0 Å². The first kappa shape index (κ1) is 15.9. The average Bonchev–Trinajstić information content (AvgIpc) is 2.79. The second-order valence-electron chi connectivity index (χ2n) is 3.71. The van der Waals surface area contributed by atoms with Crippen molar-refractivity contribution in [3.05, 3.63) is 19.9 Å². The Kier molecular flexibility index (Phi) is 8.57. The maximum Gasteiger partial charge on any atom is 0.252 e. The van der Waals surface area contributed by atoms with E-state index in [0.717, 1.165) is 27.9 Å². The van der Waals surface area contributed by atoms with E-state index in [2.05, 4.69) is 27.9 Å². The second-order valence-corrected chi connectivity index (χ2v) is 6.51.